The molecule has 2 aliphatic rings. The Bertz CT molecular complexity index is 671. The molecule has 0 aromatic heterocycles. The van der Waals surface area contributed by atoms with E-state index in [9.17, 15) is 9.59 Å². The summed E-state index contributed by atoms with van der Waals surface area (Å²) >= 11 is 6.30. The smallest absolute Gasteiger partial charge is 0.255 e. The second-order valence-electron chi connectivity index (χ2n) is 7.03. The van der Waals surface area contributed by atoms with Crippen LogP contribution in [-0.4, -0.2) is 42.9 Å². The summed E-state index contributed by atoms with van der Waals surface area (Å²) in [6, 6.07) is 5.14. The maximum Gasteiger partial charge on any atom is 0.255 e. The summed E-state index contributed by atoms with van der Waals surface area (Å²) < 4.78 is 0. The highest BCUT2D eigenvalue weighted by atomic mass is 35.5. The summed E-state index contributed by atoms with van der Waals surface area (Å²) in [4.78, 5) is 26.7. The number of piperidine rings is 1. The molecule has 5 nitrogen and oxygen atoms in total. The van der Waals surface area contributed by atoms with E-state index in [0.717, 1.165) is 32.4 Å². The monoisotopic (exact) mass is 399 g/mol. The maximum absolute atomic E-state index is 12.5. The van der Waals surface area contributed by atoms with E-state index in [1.165, 1.54) is 0 Å². The van der Waals surface area contributed by atoms with Gasteiger partial charge in [0.25, 0.3) is 5.91 Å². The van der Waals surface area contributed by atoms with Gasteiger partial charge in [-0.05, 0) is 69.8 Å². The fourth-order valence-electron chi connectivity index (χ4n) is 3.87. The van der Waals surface area contributed by atoms with Crippen LogP contribution in [0.1, 0.15) is 43.5 Å². The molecule has 26 heavy (non-hydrogen) atoms. The average Bonchev–Trinajstić information content (AvgIpc) is 3.29. The van der Waals surface area contributed by atoms with Crippen LogP contribution in [0.2, 0.25) is 5.02 Å². The van der Waals surface area contributed by atoms with Gasteiger partial charge in [0.05, 0.1) is 10.6 Å². The summed E-state index contributed by atoms with van der Waals surface area (Å²) in [6.07, 6.45) is 3.12. The van der Waals surface area contributed by atoms with E-state index in [1.807, 2.05) is 13.8 Å². The number of carbonyl (C=O) groups excluding carboxylic acids is 2. The summed E-state index contributed by atoms with van der Waals surface area (Å²) in [5, 5.41) is 6.70. The molecule has 3 rings (SSSR count). The minimum absolute atomic E-state index is 0. The molecule has 1 aliphatic carbocycles. The number of hydrogen-bond donors (Lipinski definition) is 2. The third kappa shape index (κ3) is 4.16. The van der Waals surface area contributed by atoms with Gasteiger partial charge in [0.2, 0.25) is 5.91 Å². The zero-order chi connectivity index (χ0) is 18.0. The molecule has 1 saturated heterocycles. The summed E-state index contributed by atoms with van der Waals surface area (Å²) in [6.45, 7) is 7.16. The van der Waals surface area contributed by atoms with Gasteiger partial charge in [-0.25, -0.2) is 0 Å². The molecule has 1 unspecified atom stereocenters. The fourth-order valence-corrected chi connectivity index (χ4v) is 4.13. The third-order valence-corrected chi connectivity index (χ3v) is 5.94. The van der Waals surface area contributed by atoms with Crippen molar-refractivity contribution in [3.05, 3.63) is 28.8 Å². The number of halogens is 2. The van der Waals surface area contributed by atoms with Crippen molar-refractivity contribution in [3.8, 4) is 0 Å². The SMILES string of the molecule is CCN(CC)C(=O)c1ccc(NC(=O)C2CC23CCNCC3)cc1Cl.Cl. The van der Waals surface area contributed by atoms with Gasteiger partial charge in [0.15, 0.2) is 0 Å². The first-order chi connectivity index (χ1) is 12.0. The van der Waals surface area contributed by atoms with E-state index in [-0.39, 0.29) is 35.6 Å². The molecule has 1 aromatic rings. The Morgan fingerprint density at radius 1 is 1.27 bits per heavy atom. The van der Waals surface area contributed by atoms with Crippen LogP contribution in [0.25, 0.3) is 0 Å². The van der Waals surface area contributed by atoms with Gasteiger partial charge in [0.1, 0.15) is 0 Å². The number of nitrogens with zero attached hydrogens (tertiary/aromatic N) is 1. The Morgan fingerprint density at radius 3 is 2.50 bits per heavy atom. The molecular weight excluding hydrogens is 373 g/mol. The predicted molar refractivity (Wildman–Crippen MR) is 107 cm³/mol. The number of nitrogens with one attached hydrogen (secondary N) is 2. The molecule has 1 atom stereocenters. The molecular formula is C19H27Cl2N3O2. The highest BCUT2D eigenvalue weighted by Gasteiger charge is 2.57. The van der Waals surface area contributed by atoms with Crippen LogP contribution in [-0.2, 0) is 4.79 Å². The Kier molecular flexibility index (Phi) is 6.94. The number of hydrogen-bond acceptors (Lipinski definition) is 3. The number of anilines is 1. The fraction of sp³-hybridized carbons (Fsp3) is 0.579. The summed E-state index contributed by atoms with van der Waals surface area (Å²) in [5.41, 5.74) is 1.34. The molecule has 0 bridgehead atoms. The summed E-state index contributed by atoms with van der Waals surface area (Å²) in [7, 11) is 0. The minimum atomic E-state index is -0.0799. The highest BCUT2D eigenvalue weighted by molar-refractivity contribution is 6.34. The van der Waals surface area contributed by atoms with Crippen LogP contribution in [0.15, 0.2) is 18.2 Å². The lowest BCUT2D eigenvalue weighted by molar-refractivity contribution is -0.118. The average molecular weight is 400 g/mol. The zero-order valence-electron chi connectivity index (χ0n) is 15.3. The molecule has 1 aliphatic heterocycles. The van der Waals surface area contributed by atoms with Crippen LogP contribution in [0.3, 0.4) is 0 Å². The number of carbonyl (C=O) groups is 2. The van der Waals surface area contributed by atoms with Gasteiger partial charge in [-0.3, -0.25) is 9.59 Å². The van der Waals surface area contributed by atoms with Crippen molar-refractivity contribution in [1.82, 2.24) is 10.2 Å². The number of rotatable bonds is 5. The highest BCUT2D eigenvalue weighted by Crippen LogP contribution is 2.58. The Labute approximate surface area is 166 Å². The second-order valence-corrected chi connectivity index (χ2v) is 7.44. The van der Waals surface area contributed by atoms with Crippen molar-refractivity contribution in [1.29, 1.82) is 0 Å². The van der Waals surface area contributed by atoms with Crippen molar-refractivity contribution >= 4 is 41.5 Å². The van der Waals surface area contributed by atoms with Gasteiger partial charge in [-0.1, -0.05) is 11.6 Å². The Hall–Kier alpha value is -1.30. The van der Waals surface area contributed by atoms with Crippen LogP contribution in [0, 0.1) is 11.3 Å². The molecule has 2 fully saturated rings. The van der Waals surface area contributed by atoms with Crippen LogP contribution < -0.4 is 10.6 Å². The van der Waals surface area contributed by atoms with E-state index in [2.05, 4.69) is 10.6 Å². The molecule has 0 radical (unpaired) electrons. The van der Waals surface area contributed by atoms with Crippen LogP contribution in [0.5, 0.6) is 0 Å². The van der Waals surface area contributed by atoms with E-state index in [4.69, 9.17) is 11.6 Å². The minimum Gasteiger partial charge on any atom is -0.339 e. The Morgan fingerprint density at radius 2 is 1.92 bits per heavy atom. The number of amides is 2. The van der Waals surface area contributed by atoms with Crippen molar-refractivity contribution < 1.29 is 9.59 Å². The van der Waals surface area contributed by atoms with Crippen LogP contribution in [0.4, 0.5) is 5.69 Å². The van der Waals surface area contributed by atoms with E-state index in [1.54, 1.807) is 23.1 Å². The lowest BCUT2D eigenvalue weighted by Crippen LogP contribution is -2.31. The third-order valence-electron chi connectivity index (χ3n) is 5.62. The summed E-state index contributed by atoms with van der Waals surface area (Å²) in [5.74, 6) is 0.0925. The van der Waals surface area contributed by atoms with Gasteiger partial charge in [0, 0.05) is 24.7 Å². The molecule has 1 aromatic carbocycles. The largest absolute Gasteiger partial charge is 0.339 e. The van der Waals surface area contributed by atoms with Crippen molar-refractivity contribution in [2.24, 2.45) is 11.3 Å². The van der Waals surface area contributed by atoms with Crippen LogP contribution >= 0.6 is 24.0 Å². The first-order valence-corrected chi connectivity index (χ1v) is 9.49. The first kappa shape index (κ1) is 21.0. The zero-order valence-corrected chi connectivity index (χ0v) is 16.9. The molecule has 2 N–H and O–H groups in total. The quantitative estimate of drug-likeness (QED) is 0.795. The lowest BCUT2D eigenvalue weighted by Gasteiger charge is -2.23. The number of benzene rings is 1. The van der Waals surface area contributed by atoms with E-state index < -0.39 is 0 Å². The maximum atomic E-state index is 12.5. The van der Waals surface area contributed by atoms with E-state index in [0.29, 0.717) is 29.4 Å². The normalized spacial score (nSPS) is 20.2. The molecule has 2 amide bonds. The first-order valence-electron chi connectivity index (χ1n) is 9.11. The molecule has 1 spiro atoms. The van der Waals surface area contributed by atoms with Crippen molar-refractivity contribution in [2.45, 2.75) is 33.1 Å². The van der Waals surface area contributed by atoms with Gasteiger partial charge in [-0.15, -0.1) is 12.4 Å². The topological polar surface area (TPSA) is 61.4 Å². The van der Waals surface area contributed by atoms with Crippen molar-refractivity contribution in [3.63, 3.8) is 0 Å². The van der Waals surface area contributed by atoms with Crippen molar-refractivity contribution in [2.75, 3.05) is 31.5 Å². The van der Waals surface area contributed by atoms with Gasteiger partial charge >= 0.3 is 0 Å². The molecule has 1 saturated carbocycles. The predicted octanol–water partition coefficient (Wildman–Crippen LogP) is 3.57. The Balaban J connectivity index is 0.00000243. The molecule has 1 heterocycles. The van der Waals surface area contributed by atoms with Gasteiger partial charge < -0.3 is 15.5 Å². The second kappa shape index (κ2) is 8.59. The lowest BCUT2D eigenvalue weighted by atomic mass is 9.92. The molecule has 7 heteroatoms. The molecule has 144 valence electrons. The van der Waals surface area contributed by atoms with Gasteiger partial charge in [-0.2, -0.15) is 0 Å². The standard InChI is InChI=1S/C19H26ClN3O2.ClH/c1-3-23(4-2)18(25)14-6-5-13(11-16(14)20)22-17(24)15-12-19(15)7-9-21-10-8-19;/h5-6,11,15,21H,3-4,7-10,12H2,1-2H3,(H,22,24);1H. The van der Waals surface area contributed by atoms with E-state index >= 15 is 0 Å².